The number of ether oxygens (including phenoxy) is 1. The molecule has 1 amide bonds. The molecule has 0 aromatic carbocycles. The minimum Gasteiger partial charge on any atom is -0.481 e. The van der Waals surface area contributed by atoms with Crippen molar-refractivity contribution in [3.05, 3.63) is 0 Å². The summed E-state index contributed by atoms with van der Waals surface area (Å²) >= 11 is 1.20. The molecule has 9 atom stereocenters. The van der Waals surface area contributed by atoms with Crippen LogP contribution in [0.25, 0.3) is 0 Å². The normalized spacial score (nSPS) is 27.6. The summed E-state index contributed by atoms with van der Waals surface area (Å²) < 4.78 is 5.72. The van der Waals surface area contributed by atoms with Crippen LogP contribution in [0.3, 0.4) is 0 Å². The molecule has 0 aliphatic carbocycles. The number of likely N-dealkylation sites (N-methyl/N-ethyl adjacent to an activating group) is 1. The Morgan fingerprint density at radius 2 is 1.39 bits per heavy atom. The van der Waals surface area contributed by atoms with Crippen molar-refractivity contribution < 1.29 is 39.9 Å². The molecule has 10 nitrogen and oxygen atoms in total. The van der Waals surface area contributed by atoms with E-state index in [0.717, 1.165) is 38.6 Å². The standard InChI is InChI=1S/C18H34N2O6S.C16H32O2.ClH/c1-5-6-10-7-11(20(3)8-10)17(25)19-12(9(2)21)16-14(23)13(22)15(24)18(26-16)27-4;1-2-3-4-5-6-7-8-9-10-11-12-13-14-15-16(17)18;/h9-16,18,21-24H,5-8H2,1-4H3,(H,19,25);2-15H2,1H3,(H,17,18);1H/t9?,10-,11+,12?,13+,14-,15-,16-,18-;;/m1../s1. The molecule has 0 radical (unpaired) electrons. The number of aliphatic hydroxyl groups excluding tert-OH is 4. The van der Waals surface area contributed by atoms with E-state index in [1.165, 1.54) is 89.3 Å². The number of nitrogens with zero attached hydrogens (tertiary/aromatic N) is 1. The predicted molar refractivity (Wildman–Crippen MR) is 188 cm³/mol. The molecule has 2 aliphatic rings. The summed E-state index contributed by atoms with van der Waals surface area (Å²) in [6.45, 7) is 6.75. The van der Waals surface area contributed by atoms with E-state index in [1.807, 2.05) is 11.9 Å². The SMILES string of the molecule is CCCCCCCCCCCCCCCC(=O)O.CCC[C@@H]1C[C@@H](C(=O)NC(C(C)O)[C@H]2O[C@H](SC)[C@H](O)[C@@H](O)[C@H]2O)N(C)C1.Cl. The Bertz CT molecular complexity index is 796. The van der Waals surface area contributed by atoms with Gasteiger partial charge in [-0.25, -0.2) is 0 Å². The van der Waals surface area contributed by atoms with Gasteiger partial charge in [0.2, 0.25) is 5.91 Å². The van der Waals surface area contributed by atoms with Gasteiger partial charge in [-0.05, 0) is 45.4 Å². The first kappa shape index (κ1) is 45.3. The number of nitrogens with one attached hydrogen (secondary N) is 1. The molecule has 2 aliphatic heterocycles. The van der Waals surface area contributed by atoms with Crippen LogP contribution in [0.4, 0.5) is 0 Å². The molecule has 274 valence electrons. The molecule has 0 bridgehead atoms. The van der Waals surface area contributed by atoms with Crippen molar-refractivity contribution in [2.75, 3.05) is 19.8 Å². The van der Waals surface area contributed by atoms with Gasteiger partial charge in [-0.2, -0.15) is 0 Å². The predicted octanol–water partition coefficient (Wildman–Crippen LogP) is 5.12. The maximum atomic E-state index is 12.8. The second-order valence-electron chi connectivity index (χ2n) is 13.2. The fraction of sp³-hybridized carbons (Fsp3) is 0.941. The number of unbranched alkanes of at least 4 members (excludes halogenated alkanes) is 12. The summed E-state index contributed by atoms with van der Waals surface area (Å²) in [7, 11) is 1.91. The molecule has 0 saturated carbocycles. The molecule has 2 rings (SSSR count). The second kappa shape index (κ2) is 26.2. The minimum absolute atomic E-state index is 0. The Kier molecular flexibility index (Phi) is 25.9. The van der Waals surface area contributed by atoms with Gasteiger partial charge < -0.3 is 35.6 Å². The van der Waals surface area contributed by atoms with Gasteiger partial charge in [-0.1, -0.05) is 97.3 Å². The summed E-state index contributed by atoms with van der Waals surface area (Å²) in [4.78, 5) is 25.2. The number of likely N-dealkylation sites (tertiary alicyclic amines) is 1. The number of thioether (sulfide) groups is 1. The van der Waals surface area contributed by atoms with Gasteiger partial charge in [0.1, 0.15) is 29.9 Å². The summed E-state index contributed by atoms with van der Waals surface area (Å²) in [6, 6.07) is -1.20. The fourth-order valence-electron chi connectivity index (χ4n) is 6.43. The first-order valence-corrected chi connectivity index (χ1v) is 18.9. The van der Waals surface area contributed by atoms with Gasteiger partial charge in [-0.3, -0.25) is 14.5 Å². The molecule has 2 fully saturated rings. The van der Waals surface area contributed by atoms with Gasteiger partial charge in [-0.15, -0.1) is 24.2 Å². The van der Waals surface area contributed by atoms with Crippen LogP contribution in [-0.4, -0.2) is 110 Å². The van der Waals surface area contributed by atoms with E-state index in [-0.39, 0.29) is 24.4 Å². The average Bonchev–Trinajstić information content (AvgIpc) is 3.37. The van der Waals surface area contributed by atoms with E-state index >= 15 is 0 Å². The van der Waals surface area contributed by atoms with E-state index in [0.29, 0.717) is 12.3 Å². The van der Waals surface area contributed by atoms with Crippen LogP contribution in [-0.2, 0) is 14.3 Å². The van der Waals surface area contributed by atoms with Crippen molar-refractivity contribution in [3.8, 4) is 0 Å². The summed E-state index contributed by atoms with van der Waals surface area (Å²) in [5.41, 5.74) is -0.755. The van der Waals surface area contributed by atoms with E-state index in [4.69, 9.17) is 9.84 Å². The molecular weight excluding hydrogens is 632 g/mol. The smallest absolute Gasteiger partial charge is 0.303 e. The van der Waals surface area contributed by atoms with Crippen LogP contribution < -0.4 is 5.32 Å². The van der Waals surface area contributed by atoms with Crippen molar-refractivity contribution in [2.24, 2.45) is 5.92 Å². The highest BCUT2D eigenvalue weighted by Crippen LogP contribution is 2.30. The summed E-state index contributed by atoms with van der Waals surface area (Å²) in [6.07, 6.45) is 15.8. The number of halogens is 1. The Hall–Kier alpha value is -0.660. The quantitative estimate of drug-likeness (QED) is 0.0889. The Morgan fingerprint density at radius 1 is 0.870 bits per heavy atom. The molecule has 46 heavy (non-hydrogen) atoms. The van der Waals surface area contributed by atoms with E-state index < -0.39 is 48.0 Å². The summed E-state index contributed by atoms with van der Waals surface area (Å²) in [5, 5.41) is 52.0. The number of hydrogen-bond acceptors (Lipinski definition) is 9. The van der Waals surface area contributed by atoms with Gasteiger partial charge in [0.25, 0.3) is 0 Å². The maximum Gasteiger partial charge on any atom is 0.303 e. The average molecular weight is 699 g/mol. The zero-order valence-corrected chi connectivity index (χ0v) is 30.8. The third-order valence-corrected chi connectivity index (χ3v) is 10.0. The van der Waals surface area contributed by atoms with Crippen LogP contribution in [0.2, 0.25) is 0 Å². The van der Waals surface area contributed by atoms with Crippen LogP contribution in [0, 0.1) is 5.92 Å². The van der Waals surface area contributed by atoms with Crippen LogP contribution in [0.15, 0.2) is 0 Å². The highest BCUT2D eigenvalue weighted by Gasteiger charge is 2.48. The van der Waals surface area contributed by atoms with Gasteiger partial charge in [0, 0.05) is 13.0 Å². The molecule has 2 heterocycles. The van der Waals surface area contributed by atoms with Crippen molar-refractivity contribution in [1.29, 1.82) is 0 Å². The lowest BCUT2D eigenvalue weighted by atomic mass is 9.92. The number of carboxylic acids is 1. The Balaban J connectivity index is 0.000000936. The van der Waals surface area contributed by atoms with E-state index in [2.05, 4.69) is 19.2 Å². The number of rotatable bonds is 21. The van der Waals surface area contributed by atoms with E-state index in [1.54, 1.807) is 6.26 Å². The van der Waals surface area contributed by atoms with Crippen molar-refractivity contribution in [2.45, 2.75) is 178 Å². The number of aliphatic hydroxyl groups is 4. The van der Waals surface area contributed by atoms with Gasteiger partial charge in [0.15, 0.2) is 0 Å². The highest BCUT2D eigenvalue weighted by atomic mass is 35.5. The monoisotopic (exact) mass is 698 g/mol. The van der Waals surface area contributed by atoms with Crippen LogP contribution in [0.5, 0.6) is 0 Å². The number of carbonyl (C=O) groups excluding carboxylic acids is 1. The number of carboxylic acid groups (broad SMARTS) is 1. The van der Waals surface area contributed by atoms with Crippen LogP contribution in [0.1, 0.15) is 130 Å². The number of aliphatic carboxylic acids is 1. The third kappa shape index (κ3) is 17.1. The molecular formula is C34H67ClN2O8S. The van der Waals surface area contributed by atoms with Gasteiger partial charge in [0.05, 0.1) is 18.2 Å². The molecule has 12 heteroatoms. The molecule has 0 spiro atoms. The largest absolute Gasteiger partial charge is 0.481 e. The lowest BCUT2D eigenvalue weighted by molar-refractivity contribution is -0.211. The van der Waals surface area contributed by atoms with Crippen LogP contribution >= 0.6 is 24.2 Å². The first-order valence-electron chi connectivity index (χ1n) is 17.6. The number of amides is 1. The third-order valence-electron chi connectivity index (χ3n) is 9.15. The minimum atomic E-state index is -1.42. The Morgan fingerprint density at radius 3 is 1.85 bits per heavy atom. The maximum absolute atomic E-state index is 12.8. The molecule has 6 N–H and O–H groups in total. The zero-order valence-electron chi connectivity index (χ0n) is 29.1. The van der Waals surface area contributed by atoms with Crippen molar-refractivity contribution in [3.63, 3.8) is 0 Å². The molecule has 2 unspecified atom stereocenters. The highest BCUT2D eigenvalue weighted by molar-refractivity contribution is 7.99. The Labute approximate surface area is 289 Å². The lowest BCUT2D eigenvalue weighted by Gasteiger charge is -2.44. The molecule has 0 aromatic rings. The first-order chi connectivity index (χ1) is 21.5. The lowest BCUT2D eigenvalue weighted by Crippen LogP contribution is -2.65. The van der Waals surface area contributed by atoms with Crippen molar-refractivity contribution in [1.82, 2.24) is 10.2 Å². The van der Waals surface area contributed by atoms with Gasteiger partial charge >= 0.3 is 5.97 Å². The second-order valence-corrected chi connectivity index (χ2v) is 14.1. The molecule has 2 saturated heterocycles. The molecule has 0 aromatic heterocycles. The number of hydrogen-bond donors (Lipinski definition) is 6. The zero-order chi connectivity index (χ0) is 33.8. The van der Waals surface area contributed by atoms with Crippen molar-refractivity contribution >= 4 is 36.0 Å². The number of carbonyl (C=O) groups is 2. The fourth-order valence-corrected chi connectivity index (χ4v) is 7.11. The van der Waals surface area contributed by atoms with E-state index in [9.17, 15) is 30.0 Å². The summed E-state index contributed by atoms with van der Waals surface area (Å²) in [5.74, 6) is -0.410. The topological polar surface area (TPSA) is 160 Å².